The molecule has 2 aromatic rings. The van der Waals surface area contributed by atoms with Gasteiger partial charge < -0.3 is 15.1 Å². The molecule has 0 unspecified atom stereocenters. The van der Waals surface area contributed by atoms with Gasteiger partial charge >= 0.3 is 0 Å². The zero-order valence-corrected chi connectivity index (χ0v) is 15.4. The van der Waals surface area contributed by atoms with Crippen LogP contribution in [0, 0.1) is 19.8 Å². The molecule has 134 valence electrons. The highest BCUT2D eigenvalue weighted by atomic mass is 15.4. The molecule has 0 spiro atoms. The summed E-state index contributed by atoms with van der Waals surface area (Å²) >= 11 is 0. The molecular formula is C17H26N8. The highest BCUT2D eigenvalue weighted by molar-refractivity contribution is 5.43. The minimum atomic E-state index is 0.577. The average Bonchev–Trinajstić information content (AvgIpc) is 2.63. The summed E-state index contributed by atoms with van der Waals surface area (Å²) in [6.07, 6.45) is 1.81. The lowest BCUT2D eigenvalue weighted by atomic mass is 10.2. The lowest BCUT2D eigenvalue weighted by Gasteiger charge is -2.34. The van der Waals surface area contributed by atoms with Crippen LogP contribution >= 0.6 is 0 Å². The average molecular weight is 342 g/mol. The van der Waals surface area contributed by atoms with Crippen LogP contribution < -0.4 is 15.1 Å². The first-order chi connectivity index (χ1) is 12.0. The molecule has 1 fully saturated rings. The molecule has 0 atom stereocenters. The Morgan fingerprint density at radius 1 is 0.960 bits per heavy atom. The van der Waals surface area contributed by atoms with Crippen molar-refractivity contribution in [1.82, 2.24) is 25.1 Å². The number of aromatic nitrogens is 5. The Kier molecular flexibility index (Phi) is 5.25. The maximum atomic E-state index is 4.63. The van der Waals surface area contributed by atoms with Crippen molar-refractivity contribution in [2.24, 2.45) is 5.92 Å². The van der Waals surface area contributed by atoms with Gasteiger partial charge in [-0.15, -0.1) is 5.10 Å². The number of piperazine rings is 1. The van der Waals surface area contributed by atoms with Crippen LogP contribution in [-0.2, 0) is 0 Å². The second kappa shape index (κ2) is 7.58. The number of hydrogen-bond acceptors (Lipinski definition) is 8. The SMILES string of the molecule is Cc1nnc(N2CCN(c3nccc(NCC(C)C)n3)CC2)nc1C. The summed E-state index contributed by atoms with van der Waals surface area (Å²) in [5, 5.41) is 11.8. The Balaban J connectivity index is 1.62. The fourth-order valence-corrected chi connectivity index (χ4v) is 2.59. The lowest BCUT2D eigenvalue weighted by Crippen LogP contribution is -2.47. The van der Waals surface area contributed by atoms with Crippen molar-refractivity contribution >= 4 is 17.7 Å². The molecule has 8 nitrogen and oxygen atoms in total. The third kappa shape index (κ3) is 4.32. The maximum absolute atomic E-state index is 4.63. The van der Waals surface area contributed by atoms with E-state index in [1.807, 2.05) is 26.1 Å². The van der Waals surface area contributed by atoms with Gasteiger partial charge in [-0.1, -0.05) is 13.8 Å². The first-order valence-corrected chi connectivity index (χ1v) is 8.77. The quantitative estimate of drug-likeness (QED) is 0.879. The molecule has 0 saturated carbocycles. The van der Waals surface area contributed by atoms with Gasteiger partial charge in [0.15, 0.2) is 0 Å². The van der Waals surface area contributed by atoms with Crippen LogP contribution in [0.25, 0.3) is 0 Å². The van der Waals surface area contributed by atoms with Crippen molar-refractivity contribution < 1.29 is 0 Å². The van der Waals surface area contributed by atoms with E-state index in [1.54, 1.807) is 0 Å². The van der Waals surface area contributed by atoms with Crippen molar-refractivity contribution in [3.8, 4) is 0 Å². The molecule has 2 aromatic heterocycles. The standard InChI is InChI=1S/C17H26N8/c1-12(2)11-19-15-5-6-18-16(21-15)24-7-9-25(10-8-24)17-20-13(3)14(4)22-23-17/h5-6,12H,7-11H2,1-4H3,(H,18,19,21). The number of aryl methyl sites for hydroxylation is 2. The number of hydrogen-bond donors (Lipinski definition) is 1. The molecule has 0 aliphatic carbocycles. The molecule has 1 N–H and O–H groups in total. The van der Waals surface area contributed by atoms with Crippen LogP contribution in [0.4, 0.5) is 17.7 Å². The van der Waals surface area contributed by atoms with Gasteiger partial charge in [0.2, 0.25) is 11.9 Å². The monoisotopic (exact) mass is 342 g/mol. The number of nitrogens with zero attached hydrogens (tertiary/aromatic N) is 7. The van der Waals surface area contributed by atoms with E-state index in [-0.39, 0.29) is 0 Å². The van der Waals surface area contributed by atoms with Gasteiger partial charge in [-0.05, 0) is 25.8 Å². The molecule has 0 bridgehead atoms. The van der Waals surface area contributed by atoms with Gasteiger partial charge in [0.1, 0.15) is 5.82 Å². The van der Waals surface area contributed by atoms with E-state index in [4.69, 9.17) is 0 Å². The van der Waals surface area contributed by atoms with Gasteiger partial charge in [0.05, 0.1) is 11.4 Å². The van der Waals surface area contributed by atoms with Crippen LogP contribution in [0.3, 0.4) is 0 Å². The molecule has 0 aromatic carbocycles. The molecule has 1 aliphatic heterocycles. The van der Waals surface area contributed by atoms with E-state index >= 15 is 0 Å². The van der Waals surface area contributed by atoms with Crippen molar-refractivity contribution in [2.75, 3.05) is 47.8 Å². The third-order valence-corrected chi connectivity index (χ3v) is 4.26. The Morgan fingerprint density at radius 3 is 2.28 bits per heavy atom. The molecule has 3 heterocycles. The predicted octanol–water partition coefficient (Wildman–Crippen LogP) is 1.67. The van der Waals surface area contributed by atoms with Crippen LogP contribution in [0.1, 0.15) is 25.2 Å². The summed E-state index contributed by atoms with van der Waals surface area (Å²) in [4.78, 5) is 18.0. The summed E-state index contributed by atoms with van der Waals surface area (Å²) in [5.74, 6) is 2.93. The van der Waals surface area contributed by atoms with Gasteiger partial charge in [0.25, 0.3) is 0 Å². The first kappa shape index (κ1) is 17.3. The third-order valence-electron chi connectivity index (χ3n) is 4.26. The Bertz CT molecular complexity index is 710. The van der Waals surface area contributed by atoms with E-state index in [1.165, 1.54) is 0 Å². The Hall–Kier alpha value is -2.51. The van der Waals surface area contributed by atoms with Crippen molar-refractivity contribution in [1.29, 1.82) is 0 Å². The molecular weight excluding hydrogens is 316 g/mol. The second-order valence-corrected chi connectivity index (χ2v) is 6.77. The van der Waals surface area contributed by atoms with Gasteiger partial charge in [-0.2, -0.15) is 10.1 Å². The molecule has 1 saturated heterocycles. The summed E-state index contributed by atoms with van der Waals surface area (Å²) in [6.45, 7) is 12.5. The molecule has 1 aliphatic rings. The topological polar surface area (TPSA) is 83.0 Å². The zero-order valence-electron chi connectivity index (χ0n) is 15.4. The van der Waals surface area contributed by atoms with E-state index in [0.717, 1.165) is 55.9 Å². The normalized spacial score (nSPS) is 14.9. The van der Waals surface area contributed by atoms with Crippen molar-refractivity contribution in [3.05, 3.63) is 23.7 Å². The highest BCUT2D eigenvalue weighted by Gasteiger charge is 2.21. The van der Waals surface area contributed by atoms with Gasteiger partial charge in [-0.25, -0.2) is 9.97 Å². The fraction of sp³-hybridized carbons (Fsp3) is 0.588. The number of rotatable bonds is 5. The summed E-state index contributed by atoms with van der Waals surface area (Å²) in [7, 11) is 0. The minimum Gasteiger partial charge on any atom is -0.370 e. The largest absolute Gasteiger partial charge is 0.370 e. The zero-order chi connectivity index (χ0) is 17.8. The van der Waals surface area contributed by atoms with Crippen LogP contribution in [0.5, 0.6) is 0 Å². The van der Waals surface area contributed by atoms with Gasteiger partial charge in [0, 0.05) is 38.9 Å². The van der Waals surface area contributed by atoms with Crippen molar-refractivity contribution in [2.45, 2.75) is 27.7 Å². The Morgan fingerprint density at radius 2 is 1.64 bits per heavy atom. The molecule has 3 rings (SSSR count). The predicted molar refractivity (Wildman–Crippen MR) is 99.1 cm³/mol. The molecule has 25 heavy (non-hydrogen) atoms. The fourth-order valence-electron chi connectivity index (χ4n) is 2.59. The van der Waals surface area contributed by atoms with Crippen LogP contribution in [0.2, 0.25) is 0 Å². The second-order valence-electron chi connectivity index (χ2n) is 6.77. The van der Waals surface area contributed by atoms with Crippen LogP contribution in [-0.4, -0.2) is 57.9 Å². The van der Waals surface area contributed by atoms with Gasteiger partial charge in [-0.3, -0.25) is 0 Å². The number of anilines is 3. The van der Waals surface area contributed by atoms with E-state index < -0.39 is 0 Å². The van der Waals surface area contributed by atoms with Crippen LogP contribution in [0.15, 0.2) is 12.3 Å². The summed E-state index contributed by atoms with van der Waals surface area (Å²) < 4.78 is 0. The smallest absolute Gasteiger partial charge is 0.245 e. The maximum Gasteiger partial charge on any atom is 0.245 e. The molecule has 0 radical (unpaired) electrons. The Labute approximate surface area is 148 Å². The van der Waals surface area contributed by atoms with E-state index in [9.17, 15) is 0 Å². The van der Waals surface area contributed by atoms with Crippen molar-refractivity contribution in [3.63, 3.8) is 0 Å². The highest BCUT2D eigenvalue weighted by Crippen LogP contribution is 2.16. The van der Waals surface area contributed by atoms with E-state index in [2.05, 4.69) is 54.1 Å². The first-order valence-electron chi connectivity index (χ1n) is 8.77. The lowest BCUT2D eigenvalue weighted by molar-refractivity contribution is 0.621. The van der Waals surface area contributed by atoms with E-state index in [0.29, 0.717) is 11.9 Å². The number of nitrogens with one attached hydrogen (secondary N) is 1. The molecule has 8 heteroatoms. The minimum absolute atomic E-state index is 0.577. The summed E-state index contributed by atoms with van der Waals surface area (Å²) in [6, 6.07) is 1.91. The summed E-state index contributed by atoms with van der Waals surface area (Å²) in [5.41, 5.74) is 1.81. The molecule has 0 amide bonds.